The molecule has 0 radical (unpaired) electrons. The molecule has 0 aliphatic carbocycles. The van der Waals surface area contributed by atoms with Crippen LogP contribution in [0.15, 0.2) is 59.5 Å². The summed E-state index contributed by atoms with van der Waals surface area (Å²) in [5.41, 5.74) is 2.31. The zero-order valence-electron chi connectivity index (χ0n) is 18.2. The Balaban J connectivity index is 1.53. The summed E-state index contributed by atoms with van der Waals surface area (Å²) >= 11 is 21.2. The third kappa shape index (κ3) is 6.27. The third-order valence-corrected chi connectivity index (χ3v) is 7.61. The van der Waals surface area contributed by atoms with Crippen molar-refractivity contribution in [1.29, 1.82) is 0 Å². The van der Waals surface area contributed by atoms with Gasteiger partial charge in [0.1, 0.15) is 6.61 Å². The van der Waals surface area contributed by atoms with Crippen molar-refractivity contribution in [3.63, 3.8) is 0 Å². The highest BCUT2D eigenvalue weighted by Crippen LogP contribution is 2.38. The zero-order chi connectivity index (χ0) is 25.1. The molecule has 0 atom stereocenters. The predicted molar refractivity (Wildman–Crippen MR) is 149 cm³/mol. The maximum Gasteiger partial charge on any atom is 0.293 e. The number of thioether (sulfide) groups is 1. The monoisotopic (exact) mass is 659 g/mol. The van der Waals surface area contributed by atoms with E-state index in [0.717, 1.165) is 26.5 Å². The normalized spacial score (nSPS) is 14.7. The topological polar surface area (TPSA) is 55.8 Å². The second-order valence-corrected chi connectivity index (χ2v) is 10.9. The number of hydrogen-bond donors (Lipinski definition) is 0. The molecule has 10 heteroatoms. The molecule has 5 nitrogen and oxygen atoms in total. The number of imide groups is 1. The Morgan fingerprint density at radius 2 is 1.71 bits per heavy atom. The predicted octanol–water partition coefficient (Wildman–Crippen LogP) is 8.08. The van der Waals surface area contributed by atoms with Crippen molar-refractivity contribution in [2.24, 2.45) is 0 Å². The van der Waals surface area contributed by atoms with Crippen molar-refractivity contribution >= 4 is 86.4 Å². The van der Waals surface area contributed by atoms with E-state index < -0.39 is 0 Å². The summed E-state index contributed by atoms with van der Waals surface area (Å²) in [5.74, 6) is 0.697. The molecule has 35 heavy (non-hydrogen) atoms. The maximum absolute atomic E-state index is 12.9. The number of carbonyl (C=O) groups is 2. The molecule has 0 aromatic heterocycles. The van der Waals surface area contributed by atoms with Crippen LogP contribution in [0.3, 0.4) is 0 Å². The van der Waals surface area contributed by atoms with Gasteiger partial charge < -0.3 is 9.47 Å². The third-order valence-electron chi connectivity index (χ3n) is 5.06. The zero-order valence-corrected chi connectivity index (χ0v) is 23.4. The molecular weight excluding hydrogens is 644 g/mol. The van der Waals surface area contributed by atoms with E-state index in [1.807, 2.05) is 6.07 Å². The van der Waals surface area contributed by atoms with E-state index in [-0.39, 0.29) is 24.3 Å². The SMILES string of the molecule is COc1cc(/C=C2\SC(=O)N(Cc3ccc(Cl)cc3)C2=O)cc(I)c1OCc1ccc(Cl)cc1Cl. The summed E-state index contributed by atoms with van der Waals surface area (Å²) in [6, 6.07) is 15.9. The molecule has 0 unspecified atom stereocenters. The number of amides is 2. The van der Waals surface area contributed by atoms with Gasteiger partial charge in [0, 0.05) is 20.6 Å². The molecule has 1 heterocycles. The molecule has 1 aliphatic rings. The second-order valence-electron chi connectivity index (χ2n) is 7.45. The molecule has 0 saturated carbocycles. The largest absolute Gasteiger partial charge is 0.493 e. The van der Waals surface area contributed by atoms with Gasteiger partial charge in [-0.25, -0.2) is 0 Å². The first-order chi connectivity index (χ1) is 16.7. The van der Waals surface area contributed by atoms with Gasteiger partial charge in [0.2, 0.25) is 0 Å². The van der Waals surface area contributed by atoms with Gasteiger partial charge in [-0.3, -0.25) is 14.5 Å². The fourth-order valence-electron chi connectivity index (χ4n) is 3.31. The lowest BCUT2D eigenvalue weighted by molar-refractivity contribution is -0.123. The molecule has 0 bridgehead atoms. The van der Waals surface area contributed by atoms with Gasteiger partial charge in [-0.1, -0.05) is 53.0 Å². The van der Waals surface area contributed by atoms with Crippen molar-refractivity contribution in [3.05, 3.63) is 94.8 Å². The van der Waals surface area contributed by atoms with Crippen molar-refractivity contribution in [2.75, 3.05) is 7.11 Å². The van der Waals surface area contributed by atoms with E-state index in [1.54, 1.807) is 54.6 Å². The number of halogens is 4. The van der Waals surface area contributed by atoms with Gasteiger partial charge in [0.15, 0.2) is 11.5 Å². The molecule has 1 saturated heterocycles. The first kappa shape index (κ1) is 26.2. The summed E-state index contributed by atoms with van der Waals surface area (Å²) in [6.45, 7) is 0.408. The minimum atomic E-state index is -0.346. The van der Waals surface area contributed by atoms with E-state index in [2.05, 4.69) is 22.6 Å². The average Bonchev–Trinajstić information content (AvgIpc) is 3.07. The summed E-state index contributed by atoms with van der Waals surface area (Å²) in [7, 11) is 1.54. The first-order valence-electron chi connectivity index (χ1n) is 10.2. The van der Waals surface area contributed by atoms with Gasteiger partial charge in [-0.2, -0.15) is 0 Å². The van der Waals surface area contributed by atoms with E-state index in [0.29, 0.717) is 37.0 Å². The van der Waals surface area contributed by atoms with Gasteiger partial charge in [0.05, 0.1) is 22.1 Å². The molecule has 0 N–H and O–H groups in total. The van der Waals surface area contributed by atoms with Crippen LogP contribution in [0.25, 0.3) is 6.08 Å². The number of hydrogen-bond acceptors (Lipinski definition) is 5. The molecule has 0 spiro atoms. The number of benzene rings is 3. The number of rotatable bonds is 7. The highest BCUT2D eigenvalue weighted by molar-refractivity contribution is 14.1. The van der Waals surface area contributed by atoms with Gasteiger partial charge in [-0.15, -0.1) is 0 Å². The number of carbonyl (C=O) groups excluding carboxylic acids is 2. The van der Waals surface area contributed by atoms with Crippen LogP contribution in [-0.4, -0.2) is 23.2 Å². The molecular formula is C25H17Cl3INO4S. The summed E-state index contributed by atoms with van der Waals surface area (Å²) < 4.78 is 12.3. The van der Waals surface area contributed by atoms with Crippen molar-refractivity contribution < 1.29 is 19.1 Å². The maximum atomic E-state index is 12.9. The Labute approximate surface area is 235 Å². The van der Waals surface area contributed by atoms with Gasteiger partial charge >= 0.3 is 0 Å². The van der Waals surface area contributed by atoms with Crippen molar-refractivity contribution in [2.45, 2.75) is 13.2 Å². The smallest absolute Gasteiger partial charge is 0.293 e. The highest BCUT2D eigenvalue weighted by atomic mass is 127. The second kappa shape index (κ2) is 11.4. The number of ether oxygens (including phenoxy) is 2. The number of methoxy groups -OCH3 is 1. The van der Waals surface area contributed by atoms with E-state index in [4.69, 9.17) is 44.3 Å². The van der Waals surface area contributed by atoms with Crippen LogP contribution in [0, 0.1) is 3.57 Å². The molecule has 4 rings (SSSR count). The quantitative estimate of drug-likeness (QED) is 0.190. The van der Waals surface area contributed by atoms with Crippen LogP contribution in [0.4, 0.5) is 4.79 Å². The minimum absolute atomic E-state index is 0.181. The Hall–Kier alpha value is -1.91. The van der Waals surface area contributed by atoms with Crippen LogP contribution < -0.4 is 9.47 Å². The lowest BCUT2D eigenvalue weighted by atomic mass is 10.1. The van der Waals surface area contributed by atoms with Crippen LogP contribution in [0.2, 0.25) is 15.1 Å². The fourth-order valence-corrected chi connectivity index (χ4v) is 5.52. The van der Waals surface area contributed by atoms with E-state index in [1.165, 1.54) is 12.0 Å². The summed E-state index contributed by atoms with van der Waals surface area (Å²) in [5, 5.41) is 1.33. The van der Waals surface area contributed by atoms with Crippen molar-refractivity contribution in [3.8, 4) is 11.5 Å². The van der Waals surface area contributed by atoms with Gasteiger partial charge in [-0.05, 0) is 88.0 Å². The molecule has 180 valence electrons. The molecule has 2 amide bonds. The molecule has 1 fully saturated rings. The van der Waals surface area contributed by atoms with Gasteiger partial charge in [0.25, 0.3) is 11.1 Å². The molecule has 1 aliphatic heterocycles. The van der Waals surface area contributed by atoms with Crippen LogP contribution in [0.1, 0.15) is 16.7 Å². The van der Waals surface area contributed by atoms with E-state index >= 15 is 0 Å². The Morgan fingerprint density at radius 3 is 2.40 bits per heavy atom. The average molecular weight is 661 g/mol. The lowest BCUT2D eigenvalue weighted by Gasteiger charge is -2.14. The molecule has 3 aromatic carbocycles. The molecule has 3 aromatic rings. The fraction of sp³-hybridized carbons (Fsp3) is 0.120. The summed E-state index contributed by atoms with van der Waals surface area (Å²) in [4.78, 5) is 27.0. The van der Waals surface area contributed by atoms with Crippen LogP contribution in [-0.2, 0) is 17.9 Å². The Kier molecular flexibility index (Phi) is 8.54. The standard InChI is InChI=1S/C25H17Cl3INO4S/c1-33-21-9-15(8-20(29)23(21)34-13-16-4-7-18(27)11-19(16)28)10-22-24(31)30(25(32)35-22)12-14-2-5-17(26)6-3-14/h2-11H,12-13H2,1H3/b22-10-. The van der Waals surface area contributed by atoms with E-state index in [9.17, 15) is 9.59 Å². The lowest BCUT2D eigenvalue weighted by Crippen LogP contribution is -2.27. The minimum Gasteiger partial charge on any atom is -0.493 e. The summed E-state index contributed by atoms with van der Waals surface area (Å²) in [6.07, 6.45) is 1.68. The van der Waals surface area contributed by atoms with Crippen molar-refractivity contribution in [1.82, 2.24) is 4.90 Å². The van der Waals surface area contributed by atoms with Crippen LogP contribution in [0.5, 0.6) is 11.5 Å². The van der Waals surface area contributed by atoms with Crippen LogP contribution >= 0.6 is 69.2 Å². The Morgan fingerprint density at radius 1 is 1.00 bits per heavy atom. The highest BCUT2D eigenvalue weighted by Gasteiger charge is 2.35. The Bertz CT molecular complexity index is 1330. The first-order valence-corrected chi connectivity index (χ1v) is 13.2. The number of nitrogens with zero attached hydrogens (tertiary/aromatic N) is 1.